The van der Waals surface area contributed by atoms with Crippen molar-refractivity contribution >= 4 is 22.6 Å². The first-order valence-electron chi connectivity index (χ1n) is 5.04. The fourth-order valence-electron chi connectivity index (χ4n) is 1.70. The Morgan fingerprint density at radius 2 is 2.19 bits per heavy atom. The van der Waals surface area contributed by atoms with E-state index in [-0.39, 0.29) is 5.88 Å². The minimum absolute atomic E-state index is 0.0272. The molecule has 2 N–H and O–H groups in total. The van der Waals surface area contributed by atoms with Crippen molar-refractivity contribution in [2.45, 2.75) is 6.42 Å². The third-order valence-electron chi connectivity index (χ3n) is 2.52. The summed E-state index contributed by atoms with van der Waals surface area (Å²) in [6, 6.07) is 0. The second-order valence-electron chi connectivity index (χ2n) is 3.60. The third kappa shape index (κ3) is 2.35. The van der Waals surface area contributed by atoms with Gasteiger partial charge in [0.25, 0.3) is 0 Å². The first-order chi connectivity index (χ1) is 7.66. The van der Waals surface area contributed by atoms with E-state index in [9.17, 15) is 4.79 Å². The SMILES string of the molecule is O=C(O)N1CCCN(c2nc(O)cs2)CC1. The van der Waals surface area contributed by atoms with Crippen LogP contribution in [-0.4, -0.2) is 52.4 Å². The molecule has 1 aliphatic rings. The van der Waals surface area contributed by atoms with Crippen LogP contribution in [0.25, 0.3) is 0 Å². The molecule has 1 aromatic heterocycles. The van der Waals surface area contributed by atoms with E-state index >= 15 is 0 Å². The molecule has 0 aliphatic carbocycles. The van der Waals surface area contributed by atoms with Crippen LogP contribution in [0.2, 0.25) is 0 Å². The number of carbonyl (C=O) groups is 1. The number of aromatic nitrogens is 1. The molecule has 2 rings (SSSR count). The highest BCUT2D eigenvalue weighted by Crippen LogP contribution is 2.24. The second kappa shape index (κ2) is 4.56. The Bertz CT molecular complexity index is 382. The summed E-state index contributed by atoms with van der Waals surface area (Å²) in [5.41, 5.74) is 0. The van der Waals surface area contributed by atoms with Gasteiger partial charge in [-0.15, -0.1) is 11.3 Å². The Morgan fingerprint density at radius 1 is 1.38 bits per heavy atom. The molecule has 1 amide bonds. The van der Waals surface area contributed by atoms with E-state index in [0.717, 1.165) is 18.1 Å². The maximum Gasteiger partial charge on any atom is 0.407 e. The summed E-state index contributed by atoms with van der Waals surface area (Å²) in [5, 5.41) is 20.4. The van der Waals surface area contributed by atoms with Crippen molar-refractivity contribution in [3.63, 3.8) is 0 Å². The van der Waals surface area contributed by atoms with Crippen molar-refractivity contribution in [2.24, 2.45) is 0 Å². The Labute approximate surface area is 96.7 Å². The summed E-state index contributed by atoms with van der Waals surface area (Å²) in [4.78, 5) is 18.2. The molecule has 16 heavy (non-hydrogen) atoms. The molecule has 1 fully saturated rings. The Kier molecular flexibility index (Phi) is 3.14. The lowest BCUT2D eigenvalue weighted by atomic mass is 10.4. The molecular weight excluding hydrogens is 230 g/mol. The first kappa shape index (κ1) is 11.0. The van der Waals surface area contributed by atoms with Crippen LogP contribution in [0.5, 0.6) is 5.88 Å². The molecule has 1 aliphatic heterocycles. The Morgan fingerprint density at radius 3 is 2.81 bits per heavy atom. The van der Waals surface area contributed by atoms with Crippen LogP contribution < -0.4 is 4.90 Å². The predicted octanol–water partition coefficient (Wildman–Crippen LogP) is 1.04. The van der Waals surface area contributed by atoms with E-state index in [4.69, 9.17) is 10.2 Å². The second-order valence-corrected chi connectivity index (χ2v) is 4.44. The molecule has 2 heterocycles. The largest absolute Gasteiger partial charge is 0.493 e. The van der Waals surface area contributed by atoms with Gasteiger partial charge in [0.05, 0.1) is 5.38 Å². The summed E-state index contributed by atoms with van der Waals surface area (Å²) >= 11 is 1.37. The van der Waals surface area contributed by atoms with Gasteiger partial charge in [0.2, 0.25) is 5.88 Å². The van der Waals surface area contributed by atoms with Gasteiger partial charge in [-0.1, -0.05) is 0 Å². The number of thiazole rings is 1. The zero-order chi connectivity index (χ0) is 11.5. The zero-order valence-corrected chi connectivity index (χ0v) is 9.48. The monoisotopic (exact) mass is 243 g/mol. The highest BCUT2D eigenvalue weighted by Gasteiger charge is 2.19. The van der Waals surface area contributed by atoms with Gasteiger partial charge in [0.15, 0.2) is 5.13 Å². The minimum atomic E-state index is -0.871. The number of hydrogen-bond acceptors (Lipinski definition) is 5. The quantitative estimate of drug-likeness (QED) is 0.770. The lowest BCUT2D eigenvalue weighted by Gasteiger charge is -2.19. The van der Waals surface area contributed by atoms with Gasteiger partial charge in [-0.25, -0.2) is 4.79 Å². The van der Waals surface area contributed by atoms with Crippen molar-refractivity contribution in [3.8, 4) is 5.88 Å². The van der Waals surface area contributed by atoms with Crippen molar-refractivity contribution < 1.29 is 15.0 Å². The van der Waals surface area contributed by atoms with Crippen molar-refractivity contribution in [2.75, 3.05) is 31.1 Å². The number of rotatable bonds is 1. The van der Waals surface area contributed by atoms with Crippen LogP contribution in [0, 0.1) is 0 Å². The van der Waals surface area contributed by atoms with Crippen LogP contribution in [0.3, 0.4) is 0 Å². The Hall–Kier alpha value is -1.50. The van der Waals surface area contributed by atoms with Crippen LogP contribution in [-0.2, 0) is 0 Å². The van der Waals surface area contributed by atoms with Crippen molar-refractivity contribution in [1.82, 2.24) is 9.88 Å². The van der Waals surface area contributed by atoms with Gasteiger partial charge in [0.1, 0.15) is 0 Å². The lowest BCUT2D eigenvalue weighted by molar-refractivity contribution is 0.148. The topological polar surface area (TPSA) is 76.9 Å². The number of carboxylic acid groups (broad SMARTS) is 1. The minimum Gasteiger partial charge on any atom is -0.493 e. The summed E-state index contributed by atoms with van der Waals surface area (Å²) in [5.74, 6) is 0.0272. The molecule has 88 valence electrons. The fourth-order valence-corrected chi connectivity index (χ4v) is 2.44. The van der Waals surface area contributed by atoms with Gasteiger partial charge >= 0.3 is 6.09 Å². The van der Waals surface area contributed by atoms with Crippen LogP contribution in [0.4, 0.5) is 9.93 Å². The summed E-state index contributed by atoms with van der Waals surface area (Å²) in [6.45, 7) is 2.44. The van der Waals surface area contributed by atoms with Gasteiger partial charge in [0, 0.05) is 26.2 Å². The molecule has 0 spiro atoms. The van der Waals surface area contributed by atoms with E-state index in [1.165, 1.54) is 16.2 Å². The van der Waals surface area contributed by atoms with Gasteiger partial charge in [-0.05, 0) is 6.42 Å². The normalized spacial score (nSPS) is 17.2. The molecule has 0 atom stereocenters. The van der Waals surface area contributed by atoms with Gasteiger partial charge in [-0.2, -0.15) is 4.98 Å². The number of amides is 1. The lowest BCUT2D eigenvalue weighted by Crippen LogP contribution is -2.34. The van der Waals surface area contributed by atoms with Crippen molar-refractivity contribution in [1.29, 1.82) is 0 Å². The average Bonchev–Trinajstić information content (AvgIpc) is 2.54. The molecule has 0 unspecified atom stereocenters. The number of nitrogens with zero attached hydrogens (tertiary/aromatic N) is 3. The van der Waals surface area contributed by atoms with E-state index in [0.29, 0.717) is 19.6 Å². The Balaban J connectivity index is 2.01. The maximum absolute atomic E-state index is 10.8. The fraction of sp³-hybridized carbons (Fsp3) is 0.556. The highest BCUT2D eigenvalue weighted by molar-refractivity contribution is 7.13. The summed E-state index contributed by atoms with van der Waals surface area (Å²) in [7, 11) is 0. The molecule has 6 nitrogen and oxygen atoms in total. The molecule has 1 saturated heterocycles. The summed E-state index contributed by atoms with van der Waals surface area (Å²) < 4.78 is 0. The van der Waals surface area contributed by atoms with Crippen LogP contribution in [0.1, 0.15) is 6.42 Å². The molecule has 7 heteroatoms. The zero-order valence-electron chi connectivity index (χ0n) is 8.67. The molecule has 0 aromatic carbocycles. The van der Waals surface area contributed by atoms with Crippen molar-refractivity contribution in [3.05, 3.63) is 5.38 Å². The molecular formula is C9H13N3O3S. The molecule has 1 aromatic rings. The summed E-state index contributed by atoms with van der Waals surface area (Å²) in [6.07, 6.45) is -0.0871. The molecule has 0 saturated carbocycles. The third-order valence-corrected chi connectivity index (χ3v) is 3.41. The molecule has 0 bridgehead atoms. The molecule has 0 radical (unpaired) electrons. The van der Waals surface area contributed by atoms with E-state index < -0.39 is 6.09 Å². The average molecular weight is 243 g/mol. The number of anilines is 1. The van der Waals surface area contributed by atoms with E-state index in [2.05, 4.69) is 4.98 Å². The van der Waals surface area contributed by atoms with Gasteiger partial charge in [-0.3, -0.25) is 0 Å². The first-order valence-corrected chi connectivity index (χ1v) is 5.92. The predicted molar refractivity (Wildman–Crippen MR) is 60.2 cm³/mol. The van der Waals surface area contributed by atoms with E-state index in [1.807, 2.05) is 4.90 Å². The highest BCUT2D eigenvalue weighted by atomic mass is 32.1. The van der Waals surface area contributed by atoms with Crippen LogP contribution in [0.15, 0.2) is 5.38 Å². The standard InChI is InChI=1S/C9H13N3O3S/c13-7-6-16-8(10-7)11-2-1-3-12(5-4-11)9(14)15/h6,13H,1-5H2,(H,14,15). The van der Waals surface area contributed by atoms with E-state index in [1.54, 1.807) is 5.38 Å². The smallest absolute Gasteiger partial charge is 0.407 e. The number of hydrogen-bond donors (Lipinski definition) is 2. The number of aromatic hydroxyl groups is 1. The maximum atomic E-state index is 10.8. The van der Waals surface area contributed by atoms with Gasteiger partial charge < -0.3 is 20.0 Å². The van der Waals surface area contributed by atoms with Crippen LogP contribution >= 0.6 is 11.3 Å².